The number of nitrogens with one attached hydrogen (secondary N) is 1. The molecular weight excluding hydrogens is 629 g/mol. The maximum absolute atomic E-state index is 14.6. The Hall–Kier alpha value is -3.85. The zero-order valence-corrected chi connectivity index (χ0v) is 28.0. The summed E-state index contributed by atoms with van der Waals surface area (Å²) in [4.78, 5) is 29.8. The van der Waals surface area contributed by atoms with Crippen molar-refractivity contribution < 1.29 is 18.0 Å². The van der Waals surface area contributed by atoms with E-state index in [2.05, 4.69) is 5.32 Å². The molecule has 0 aromatic heterocycles. The molecule has 10 heteroatoms. The van der Waals surface area contributed by atoms with Crippen LogP contribution in [0.15, 0.2) is 102 Å². The van der Waals surface area contributed by atoms with Crippen LogP contribution in [0.3, 0.4) is 0 Å². The van der Waals surface area contributed by atoms with Crippen LogP contribution in [0.2, 0.25) is 10.0 Å². The molecule has 4 aromatic carbocycles. The minimum atomic E-state index is -4.30. The Labute approximate surface area is 275 Å². The van der Waals surface area contributed by atoms with E-state index in [1.54, 1.807) is 24.3 Å². The molecule has 4 rings (SSSR count). The molecule has 0 heterocycles. The van der Waals surface area contributed by atoms with Crippen LogP contribution in [-0.2, 0) is 32.6 Å². The van der Waals surface area contributed by atoms with Gasteiger partial charge in [-0.1, -0.05) is 102 Å². The highest BCUT2D eigenvalue weighted by Crippen LogP contribution is 2.35. The average molecular weight is 667 g/mol. The second-order valence-electron chi connectivity index (χ2n) is 11.2. The third-order valence-electron chi connectivity index (χ3n) is 7.39. The van der Waals surface area contributed by atoms with Gasteiger partial charge in [0.05, 0.1) is 20.6 Å². The lowest BCUT2D eigenvalue weighted by Gasteiger charge is -2.34. The van der Waals surface area contributed by atoms with Gasteiger partial charge in [0.15, 0.2) is 0 Å². The van der Waals surface area contributed by atoms with Gasteiger partial charge in [-0.05, 0) is 68.7 Å². The summed E-state index contributed by atoms with van der Waals surface area (Å²) in [7, 11) is -4.30. The van der Waals surface area contributed by atoms with E-state index in [4.69, 9.17) is 23.2 Å². The van der Waals surface area contributed by atoms with Gasteiger partial charge in [0.2, 0.25) is 11.8 Å². The number of carbonyl (C=O) groups is 2. The average Bonchev–Trinajstić information content (AvgIpc) is 3.00. The predicted molar refractivity (Wildman–Crippen MR) is 181 cm³/mol. The van der Waals surface area contributed by atoms with E-state index in [-0.39, 0.29) is 45.5 Å². The number of hydrogen-bond acceptors (Lipinski definition) is 4. The first-order valence-corrected chi connectivity index (χ1v) is 16.8. The van der Waals surface area contributed by atoms with Crippen LogP contribution in [0.25, 0.3) is 0 Å². The van der Waals surface area contributed by atoms with Gasteiger partial charge >= 0.3 is 0 Å². The Morgan fingerprint density at radius 3 is 2.11 bits per heavy atom. The van der Waals surface area contributed by atoms with Crippen LogP contribution in [0.4, 0.5) is 5.69 Å². The lowest BCUT2D eigenvalue weighted by atomic mass is 10.0. The standard InChI is InChI=1S/C35H37Cl2N3O4S/c1-24(2)38-35(42)32(21-27-12-6-5-7-13-27)39(22-28-14-9-8-11-26(28)4)33(41)23-40(31-16-10-15-30(36)34(31)37)45(43,44)29-19-17-25(3)18-20-29/h5-20,24,32H,21-23H2,1-4H3,(H,38,42). The summed E-state index contributed by atoms with van der Waals surface area (Å²) >= 11 is 12.9. The van der Waals surface area contributed by atoms with Crippen LogP contribution >= 0.6 is 23.2 Å². The topological polar surface area (TPSA) is 86.8 Å². The number of benzene rings is 4. The van der Waals surface area contributed by atoms with E-state index in [1.165, 1.54) is 23.1 Å². The number of sulfonamides is 1. The van der Waals surface area contributed by atoms with Gasteiger partial charge in [0, 0.05) is 19.0 Å². The van der Waals surface area contributed by atoms with Crippen LogP contribution in [0, 0.1) is 13.8 Å². The van der Waals surface area contributed by atoms with Crippen molar-refractivity contribution in [2.75, 3.05) is 10.8 Å². The molecule has 0 spiro atoms. The summed E-state index contributed by atoms with van der Waals surface area (Å²) in [5.41, 5.74) is 3.54. The Bertz CT molecular complexity index is 1750. The van der Waals surface area contributed by atoms with Gasteiger partial charge in [-0.3, -0.25) is 13.9 Å². The van der Waals surface area contributed by atoms with E-state index < -0.39 is 28.5 Å². The van der Waals surface area contributed by atoms with Gasteiger partial charge < -0.3 is 10.2 Å². The molecule has 0 radical (unpaired) electrons. The molecule has 0 aliphatic carbocycles. The van der Waals surface area contributed by atoms with Crippen LogP contribution in [0.1, 0.15) is 36.1 Å². The monoisotopic (exact) mass is 665 g/mol. The number of nitrogens with zero attached hydrogens (tertiary/aromatic N) is 2. The smallest absolute Gasteiger partial charge is 0.264 e. The fourth-order valence-electron chi connectivity index (χ4n) is 4.94. The predicted octanol–water partition coefficient (Wildman–Crippen LogP) is 6.97. The number of anilines is 1. The minimum Gasteiger partial charge on any atom is -0.352 e. The number of hydrogen-bond donors (Lipinski definition) is 1. The molecule has 2 amide bonds. The Kier molecular flexibility index (Phi) is 11.3. The van der Waals surface area contributed by atoms with Crippen LogP contribution in [0.5, 0.6) is 0 Å². The second kappa shape index (κ2) is 15.0. The molecule has 0 saturated carbocycles. The lowest BCUT2D eigenvalue weighted by molar-refractivity contribution is -0.140. The summed E-state index contributed by atoms with van der Waals surface area (Å²) in [6, 6.07) is 26.8. The van der Waals surface area contributed by atoms with E-state index in [9.17, 15) is 18.0 Å². The summed E-state index contributed by atoms with van der Waals surface area (Å²) in [5.74, 6) is -0.922. The molecule has 4 aromatic rings. The second-order valence-corrected chi connectivity index (χ2v) is 13.9. The van der Waals surface area contributed by atoms with Crippen molar-refractivity contribution in [1.82, 2.24) is 10.2 Å². The summed E-state index contributed by atoms with van der Waals surface area (Å²) in [6.45, 7) is 6.94. The molecule has 0 aliphatic rings. The SMILES string of the molecule is Cc1ccc(S(=O)(=O)N(CC(=O)N(Cc2ccccc2C)C(Cc2ccccc2)C(=O)NC(C)C)c2cccc(Cl)c2Cl)cc1. The minimum absolute atomic E-state index is 0.00788. The number of rotatable bonds is 12. The molecule has 45 heavy (non-hydrogen) atoms. The molecule has 1 atom stereocenters. The third-order valence-corrected chi connectivity index (χ3v) is 9.97. The van der Waals surface area contributed by atoms with Gasteiger partial charge in [0.1, 0.15) is 12.6 Å². The zero-order chi connectivity index (χ0) is 32.7. The van der Waals surface area contributed by atoms with Gasteiger partial charge in [-0.25, -0.2) is 8.42 Å². The molecule has 0 bridgehead atoms. The van der Waals surface area contributed by atoms with E-state index in [0.29, 0.717) is 0 Å². The fourth-order valence-corrected chi connectivity index (χ4v) is 6.82. The van der Waals surface area contributed by atoms with Crippen molar-refractivity contribution in [2.45, 2.75) is 57.6 Å². The van der Waals surface area contributed by atoms with Crippen LogP contribution < -0.4 is 9.62 Å². The number of carbonyl (C=O) groups excluding carboxylic acids is 2. The zero-order valence-electron chi connectivity index (χ0n) is 25.7. The Balaban J connectivity index is 1.85. The van der Waals surface area contributed by atoms with Gasteiger partial charge in [-0.2, -0.15) is 0 Å². The number of aryl methyl sites for hydroxylation is 2. The van der Waals surface area contributed by atoms with Gasteiger partial charge in [-0.15, -0.1) is 0 Å². The third kappa shape index (κ3) is 8.45. The summed E-state index contributed by atoms with van der Waals surface area (Å²) in [6.07, 6.45) is 0.222. The maximum atomic E-state index is 14.6. The highest BCUT2D eigenvalue weighted by Gasteiger charge is 2.35. The number of halogens is 2. The van der Waals surface area contributed by atoms with E-state index in [0.717, 1.165) is 26.6 Å². The van der Waals surface area contributed by atoms with Gasteiger partial charge in [0.25, 0.3) is 10.0 Å². The fraction of sp³-hybridized carbons (Fsp3) is 0.257. The first kappa shape index (κ1) is 34.0. The molecule has 0 saturated heterocycles. The first-order chi connectivity index (χ1) is 21.4. The summed E-state index contributed by atoms with van der Waals surface area (Å²) in [5, 5.41) is 3.09. The molecular formula is C35H37Cl2N3O4S. The van der Waals surface area contributed by atoms with Crippen molar-refractivity contribution in [2.24, 2.45) is 0 Å². The molecule has 1 N–H and O–H groups in total. The van der Waals surface area contributed by atoms with Crippen LogP contribution in [-0.4, -0.2) is 43.8 Å². The lowest BCUT2D eigenvalue weighted by Crippen LogP contribution is -2.54. The Morgan fingerprint density at radius 2 is 1.47 bits per heavy atom. The van der Waals surface area contributed by atoms with Crippen molar-refractivity contribution in [1.29, 1.82) is 0 Å². The van der Waals surface area contributed by atoms with E-state index >= 15 is 0 Å². The quantitative estimate of drug-likeness (QED) is 0.177. The van der Waals surface area contributed by atoms with Crippen molar-refractivity contribution in [3.8, 4) is 0 Å². The Morgan fingerprint density at radius 1 is 0.822 bits per heavy atom. The molecule has 1 unspecified atom stereocenters. The maximum Gasteiger partial charge on any atom is 0.264 e. The molecule has 7 nitrogen and oxygen atoms in total. The molecule has 0 fully saturated rings. The van der Waals surface area contributed by atoms with Crippen molar-refractivity contribution in [3.05, 3.63) is 129 Å². The van der Waals surface area contributed by atoms with E-state index in [1.807, 2.05) is 82.3 Å². The normalized spacial score (nSPS) is 12.1. The highest BCUT2D eigenvalue weighted by molar-refractivity contribution is 7.92. The molecule has 236 valence electrons. The van der Waals surface area contributed by atoms with Crippen molar-refractivity contribution in [3.63, 3.8) is 0 Å². The number of amides is 2. The summed E-state index contributed by atoms with van der Waals surface area (Å²) < 4.78 is 29.4. The van der Waals surface area contributed by atoms with Crippen molar-refractivity contribution >= 4 is 50.7 Å². The largest absolute Gasteiger partial charge is 0.352 e. The first-order valence-electron chi connectivity index (χ1n) is 14.6. The highest BCUT2D eigenvalue weighted by atomic mass is 35.5. The molecule has 0 aliphatic heterocycles.